The SMILES string of the molecule is N#CCc1ccc([N+](=O)[O-])cc1OC(F)(F)F. The number of nitro groups is 1. The van der Waals surface area contributed by atoms with E-state index in [-0.39, 0.29) is 12.0 Å². The molecule has 0 saturated carbocycles. The van der Waals surface area contributed by atoms with Gasteiger partial charge in [0.05, 0.1) is 23.5 Å². The molecule has 0 aliphatic rings. The van der Waals surface area contributed by atoms with Crippen molar-refractivity contribution < 1.29 is 22.8 Å². The van der Waals surface area contributed by atoms with Crippen molar-refractivity contribution in [3.05, 3.63) is 33.9 Å². The van der Waals surface area contributed by atoms with Crippen LogP contribution in [0.25, 0.3) is 0 Å². The Morgan fingerprint density at radius 2 is 2.12 bits per heavy atom. The molecule has 0 heterocycles. The quantitative estimate of drug-likeness (QED) is 0.606. The summed E-state index contributed by atoms with van der Waals surface area (Å²) in [7, 11) is 0. The number of nitro benzene ring substituents is 1. The number of nitrogens with zero attached hydrogens (tertiary/aromatic N) is 2. The molecule has 17 heavy (non-hydrogen) atoms. The highest BCUT2D eigenvalue weighted by Crippen LogP contribution is 2.30. The summed E-state index contributed by atoms with van der Waals surface area (Å²) in [6, 6.07) is 4.35. The minimum Gasteiger partial charge on any atom is -0.405 e. The molecule has 1 aromatic rings. The van der Waals surface area contributed by atoms with Crippen LogP contribution in [0.15, 0.2) is 18.2 Å². The van der Waals surface area contributed by atoms with Gasteiger partial charge in [-0.15, -0.1) is 13.2 Å². The standard InChI is InChI=1S/C9H5F3N2O3/c10-9(11,12)17-8-5-7(14(15)16)2-1-6(8)3-4-13/h1-2,5H,3H2. The summed E-state index contributed by atoms with van der Waals surface area (Å²) in [5.74, 6) is -0.728. The van der Waals surface area contributed by atoms with E-state index >= 15 is 0 Å². The summed E-state index contributed by atoms with van der Waals surface area (Å²) in [5, 5.41) is 18.8. The van der Waals surface area contributed by atoms with E-state index in [0.29, 0.717) is 6.07 Å². The first-order valence-corrected chi connectivity index (χ1v) is 4.23. The number of benzene rings is 1. The van der Waals surface area contributed by atoms with Gasteiger partial charge in [0.15, 0.2) is 0 Å². The maximum absolute atomic E-state index is 12.0. The zero-order valence-electron chi connectivity index (χ0n) is 8.19. The van der Waals surface area contributed by atoms with Crippen LogP contribution in [-0.2, 0) is 6.42 Å². The van der Waals surface area contributed by atoms with Crippen LogP contribution in [0.1, 0.15) is 5.56 Å². The van der Waals surface area contributed by atoms with Crippen LogP contribution in [0.3, 0.4) is 0 Å². The molecule has 90 valence electrons. The second-order valence-corrected chi connectivity index (χ2v) is 2.93. The summed E-state index contributed by atoms with van der Waals surface area (Å²) in [5.41, 5.74) is -0.596. The molecule has 0 aliphatic carbocycles. The molecule has 0 N–H and O–H groups in total. The molecule has 8 heteroatoms. The molecule has 1 aromatic carbocycles. The summed E-state index contributed by atoms with van der Waals surface area (Å²) in [6.07, 6.45) is -5.29. The van der Waals surface area contributed by atoms with E-state index < -0.39 is 22.7 Å². The Morgan fingerprint density at radius 3 is 2.59 bits per heavy atom. The van der Waals surface area contributed by atoms with E-state index in [1.807, 2.05) is 0 Å². The number of halogens is 3. The average molecular weight is 246 g/mol. The van der Waals surface area contributed by atoms with E-state index in [4.69, 9.17) is 5.26 Å². The number of hydrogen-bond donors (Lipinski definition) is 0. The third kappa shape index (κ3) is 3.64. The van der Waals surface area contributed by atoms with Gasteiger partial charge in [-0.1, -0.05) is 0 Å². The molecule has 0 amide bonds. The summed E-state index contributed by atoms with van der Waals surface area (Å²) < 4.78 is 39.7. The van der Waals surface area contributed by atoms with Gasteiger partial charge in [-0.3, -0.25) is 10.1 Å². The lowest BCUT2D eigenvalue weighted by molar-refractivity contribution is -0.385. The lowest BCUT2D eigenvalue weighted by Crippen LogP contribution is -2.18. The highest BCUT2D eigenvalue weighted by molar-refractivity contribution is 5.45. The molecule has 1 rings (SSSR count). The number of alkyl halides is 3. The van der Waals surface area contributed by atoms with Gasteiger partial charge in [0.25, 0.3) is 5.69 Å². The zero-order valence-corrected chi connectivity index (χ0v) is 8.19. The van der Waals surface area contributed by atoms with E-state index in [2.05, 4.69) is 4.74 Å². The largest absolute Gasteiger partial charge is 0.573 e. The van der Waals surface area contributed by atoms with Gasteiger partial charge in [-0.2, -0.15) is 5.26 Å². The maximum Gasteiger partial charge on any atom is 0.573 e. The predicted molar refractivity (Wildman–Crippen MR) is 49.1 cm³/mol. The molecule has 0 spiro atoms. The van der Waals surface area contributed by atoms with Crippen molar-refractivity contribution in [3.8, 4) is 11.8 Å². The lowest BCUT2D eigenvalue weighted by atomic mass is 10.1. The number of hydrogen-bond acceptors (Lipinski definition) is 4. The molecule has 0 bridgehead atoms. The zero-order chi connectivity index (χ0) is 13.1. The average Bonchev–Trinajstić information content (AvgIpc) is 2.18. The topological polar surface area (TPSA) is 76.2 Å². The Kier molecular flexibility index (Phi) is 3.52. The fourth-order valence-electron chi connectivity index (χ4n) is 1.11. The normalized spacial score (nSPS) is 10.7. The van der Waals surface area contributed by atoms with Crippen molar-refractivity contribution in [2.75, 3.05) is 0 Å². The monoisotopic (exact) mass is 246 g/mol. The molecule has 0 radical (unpaired) electrons. The van der Waals surface area contributed by atoms with Crippen molar-refractivity contribution in [1.82, 2.24) is 0 Å². The Hall–Kier alpha value is -2.30. The van der Waals surface area contributed by atoms with Crippen LogP contribution in [0.2, 0.25) is 0 Å². The first kappa shape index (κ1) is 12.8. The molecule has 0 atom stereocenters. The van der Waals surface area contributed by atoms with Gasteiger partial charge < -0.3 is 4.74 Å². The van der Waals surface area contributed by atoms with E-state index in [0.717, 1.165) is 12.1 Å². The minimum atomic E-state index is -4.96. The van der Waals surface area contributed by atoms with Gasteiger partial charge in [0.2, 0.25) is 0 Å². The highest BCUT2D eigenvalue weighted by Gasteiger charge is 2.32. The molecule has 0 aliphatic heterocycles. The summed E-state index contributed by atoms with van der Waals surface area (Å²) in [4.78, 5) is 9.54. The van der Waals surface area contributed by atoms with Crippen molar-refractivity contribution in [2.24, 2.45) is 0 Å². The van der Waals surface area contributed by atoms with E-state index in [1.165, 1.54) is 0 Å². The van der Waals surface area contributed by atoms with Crippen LogP contribution in [0.4, 0.5) is 18.9 Å². The van der Waals surface area contributed by atoms with Crippen LogP contribution in [0.5, 0.6) is 5.75 Å². The summed E-state index contributed by atoms with van der Waals surface area (Å²) >= 11 is 0. The second kappa shape index (κ2) is 4.69. The third-order valence-electron chi connectivity index (χ3n) is 1.76. The van der Waals surface area contributed by atoms with Gasteiger partial charge in [-0.05, 0) is 6.07 Å². The van der Waals surface area contributed by atoms with Gasteiger partial charge >= 0.3 is 6.36 Å². The molecule has 0 saturated heterocycles. The van der Waals surface area contributed by atoms with Crippen LogP contribution in [0, 0.1) is 21.4 Å². The number of ether oxygens (including phenoxy) is 1. The molecule has 5 nitrogen and oxygen atoms in total. The molecular weight excluding hydrogens is 241 g/mol. The lowest BCUT2D eigenvalue weighted by Gasteiger charge is -2.11. The van der Waals surface area contributed by atoms with E-state index in [9.17, 15) is 23.3 Å². The van der Waals surface area contributed by atoms with Crippen molar-refractivity contribution in [2.45, 2.75) is 12.8 Å². The van der Waals surface area contributed by atoms with Gasteiger partial charge in [0, 0.05) is 11.6 Å². The Bertz CT molecular complexity index is 479. The Balaban J connectivity index is 3.16. The Labute approximate surface area is 93.2 Å². The van der Waals surface area contributed by atoms with Gasteiger partial charge in [0.1, 0.15) is 5.75 Å². The Morgan fingerprint density at radius 1 is 1.47 bits per heavy atom. The first-order chi connectivity index (χ1) is 7.83. The minimum absolute atomic E-state index is 0.0598. The fourth-order valence-corrected chi connectivity index (χ4v) is 1.11. The number of rotatable bonds is 3. The molecule has 0 fully saturated rings. The molecule has 0 aromatic heterocycles. The number of nitriles is 1. The van der Waals surface area contributed by atoms with Crippen LogP contribution < -0.4 is 4.74 Å². The van der Waals surface area contributed by atoms with Gasteiger partial charge in [-0.25, -0.2) is 0 Å². The fraction of sp³-hybridized carbons (Fsp3) is 0.222. The van der Waals surface area contributed by atoms with Crippen LogP contribution in [-0.4, -0.2) is 11.3 Å². The molecule has 0 unspecified atom stereocenters. The summed E-state index contributed by atoms with van der Waals surface area (Å²) in [6.45, 7) is 0. The van der Waals surface area contributed by atoms with Crippen molar-refractivity contribution in [3.63, 3.8) is 0 Å². The highest BCUT2D eigenvalue weighted by atomic mass is 19.4. The maximum atomic E-state index is 12.0. The second-order valence-electron chi connectivity index (χ2n) is 2.93. The smallest absolute Gasteiger partial charge is 0.405 e. The molecular formula is C9H5F3N2O3. The number of non-ortho nitro benzene ring substituents is 1. The van der Waals surface area contributed by atoms with Crippen molar-refractivity contribution in [1.29, 1.82) is 5.26 Å². The van der Waals surface area contributed by atoms with Crippen LogP contribution >= 0.6 is 0 Å². The predicted octanol–water partition coefficient (Wildman–Crippen LogP) is 2.56. The van der Waals surface area contributed by atoms with Crippen molar-refractivity contribution >= 4 is 5.69 Å². The third-order valence-corrected chi connectivity index (χ3v) is 1.76. The first-order valence-electron chi connectivity index (χ1n) is 4.23. The van der Waals surface area contributed by atoms with E-state index in [1.54, 1.807) is 6.07 Å².